The molecule has 1 aromatic carbocycles. The number of benzene rings is 1. The van der Waals surface area contributed by atoms with E-state index in [1.807, 2.05) is 40.0 Å². The van der Waals surface area contributed by atoms with E-state index in [-0.39, 0.29) is 24.3 Å². The highest BCUT2D eigenvalue weighted by molar-refractivity contribution is 8.03. The van der Waals surface area contributed by atoms with Crippen LogP contribution in [0, 0.1) is 0 Å². The lowest BCUT2D eigenvalue weighted by atomic mass is 10.1. The molecule has 0 saturated carbocycles. The van der Waals surface area contributed by atoms with Crippen LogP contribution in [-0.2, 0) is 16.0 Å². The summed E-state index contributed by atoms with van der Waals surface area (Å²) >= 11 is 2.79. The number of hydrogen-bond donors (Lipinski definition) is 0. The minimum absolute atomic E-state index is 0.263. The van der Waals surface area contributed by atoms with Crippen molar-refractivity contribution in [1.29, 1.82) is 0 Å². The van der Waals surface area contributed by atoms with Gasteiger partial charge in [0.25, 0.3) is 11.8 Å². The Labute approximate surface area is 178 Å². The lowest BCUT2D eigenvalue weighted by Crippen LogP contribution is -2.36. The van der Waals surface area contributed by atoms with Crippen molar-refractivity contribution in [2.75, 3.05) is 6.54 Å². The maximum absolute atomic E-state index is 12.4. The van der Waals surface area contributed by atoms with Crippen LogP contribution in [0.3, 0.4) is 0 Å². The summed E-state index contributed by atoms with van der Waals surface area (Å²) in [7, 11) is 0. The number of carbonyl (C=O) groups excluding carboxylic acids is 3. The minimum Gasteiger partial charge on any atom is -0.459 e. The summed E-state index contributed by atoms with van der Waals surface area (Å²) < 4.78 is 5.46. The summed E-state index contributed by atoms with van der Waals surface area (Å²) in [6.07, 6.45) is 0.468. The van der Waals surface area contributed by atoms with Gasteiger partial charge in [0.15, 0.2) is 4.34 Å². The Morgan fingerprint density at radius 2 is 1.69 bits per heavy atom. The maximum atomic E-state index is 12.4. The topological polar surface area (TPSA) is 76.6 Å². The first-order chi connectivity index (χ1) is 13.5. The molecule has 0 N–H and O–H groups in total. The zero-order chi connectivity index (χ0) is 21.4. The molecule has 2 amide bonds. The molecule has 0 saturated heterocycles. The minimum atomic E-state index is -0.773. The Balaban J connectivity index is 1.61. The van der Waals surface area contributed by atoms with Crippen molar-refractivity contribution in [2.24, 2.45) is 0 Å². The van der Waals surface area contributed by atoms with Crippen LogP contribution >= 0.6 is 23.1 Å². The first-order valence-corrected chi connectivity index (χ1v) is 11.0. The fourth-order valence-electron chi connectivity index (χ4n) is 2.78. The number of amides is 2. The first kappa shape index (κ1) is 21.5. The van der Waals surface area contributed by atoms with Crippen molar-refractivity contribution in [1.82, 2.24) is 9.88 Å². The summed E-state index contributed by atoms with van der Waals surface area (Å²) in [5.41, 5.74) is 1.14. The number of thiazole rings is 1. The van der Waals surface area contributed by atoms with Gasteiger partial charge in [-0.1, -0.05) is 23.9 Å². The van der Waals surface area contributed by atoms with Gasteiger partial charge >= 0.3 is 5.97 Å². The Morgan fingerprint density at radius 1 is 1.10 bits per heavy atom. The molecule has 0 aliphatic carbocycles. The molecule has 3 rings (SSSR count). The van der Waals surface area contributed by atoms with Crippen molar-refractivity contribution < 1.29 is 19.1 Å². The second-order valence-corrected chi connectivity index (χ2v) is 11.0. The molecular formula is C21H24N2O4S2. The number of fused-ring (bicyclic) bond motifs is 1. The normalized spacial score (nSPS) is 14.3. The molecule has 0 spiro atoms. The number of esters is 1. The molecule has 2 heterocycles. The van der Waals surface area contributed by atoms with Gasteiger partial charge in [0.2, 0.25) is 0 Å². The predicted molar refractivity (Wildman–Crippen MR) is 113 cm³/mol. The van der Waals surface area contributed by atoms with E-state index in [1.54, 1.807) is 24.3 Å². The number of aromatic nitrogens is 1. The molecule has 29 heavy (non-hydrogen) atoms. The molecule has 1 aromatic heterocycles. The number of hydrogen-bond acceptors (Lipinski definition) is 7. The van der Waals surface area contributed by atoms with Gasteiger partial charge in [-0.15, -0.1) is 11.3 Å². The van der Waals surface area contributed by atoms with E-state index in [0.717, 1.165) is 10.0 Å². The van der Waals surface area contributed by atoms with Gasteiger partial charge in [-0.3, -0.25) is 19.3 Å². The van der Waals surface area contributed by atoms with E-state index in [0.29, 0.717) is 17.5 Å². The second-order valence-electron chi connectivity index (χ2n) is 8.28. The third-order valence-electron chi connectivity index (χ3n) is 4.23. The molecule has 1 aliphatic rings. The summed E-state index contributed by atoms with van der Waals surface area (Å²) in [5, 5.41) is 1.89. The van der Waals surface area contributed by atoms with E-state index in [2.05, 4.69) is 4.98 Å². The molecule has 0 fully saturated rings. The van der Waals surface area contributed by atoms with Crippen LogP contribution in [-0.4, -0.2) is 44.6 Å². The third-order valence-corrected chi connectivity index (χ3v) is 6.40. The number of nitrogens with zero attached hydrogens (tertiary/aromatic N) is 2. The summed E-state index contributed by atoms with van der Waals surface area (Å²) in [6.45, 7) is 9.41. The van der Waals surface area contributed by atoms with Crippen molar-refractivity contribution in [3.8, 4) is 0 Å². The van der Waals surface area contributed by atoms with Gasteiger partial charge in [0, 0.05) is 18.3 Å². The molecule has 0 bridgehead atoms. The van der Waals surface area contributed by atoms with Gasteiger partial charge in [0.1, 0.15) is 10.3 Å². The molecule has 1 aliphatic heterocycles. The van der Waals surface area contributed by atoms with Crippen LogP contribution in [0.15, 0.2) is 34.0 Å². The van der Waals surface area contributed by atoms with Crippen molar-refractivity contribution in [3.05, 3.63) is 46.5 Å². The number of rotatable bonds is 6. The van der Waals surface area contributed by atoms with Gasteiger partial charge in [-0.25, -0.2) is 4.98 Å². The number of ether oxygens (including phenoxy) is 1. The molecule has 0 radical (unpaired) electrons. The number of imide groups is 1. The second kappa shape index (κ2) is 7.91. The van der Waals surface area contributed by atoms with Crippen LogP contribution in [0.25, 0.3) is 0 Å². The van der Waals surface area contributed by atoms with E-state index in [9.17, 15) is 14.4 Å². The first-order valence-electron chi connectivity index (χ1n) is 9.30. The highest BCUT2D eigenvalue weighted by Crippen LogP contribution is 2.36. The van der Waals surface area contributed by atoms with Crippen molar-refractivity contribution in [2.45, 2.75) is 55.7 Å². The highest BCUT2D eigenvalue weighted by atomic mass is 32.2. The average molecular weight is 433 g/mol. The summed E-state index contributed by atoms with van der Waals surface area (Å²) in [4.78, 5) is 43.1. The van der Waals surface area contributed by atoms with Crippen LogP contribution in [0.4, 0.5) is 0 Å². The average Bonchev–Trinajstić information content (AvgIpc) is 3.15. The number of carbonyl (C=O) groups is 3. The SMILES string of the molecule is CC(C)(C)OC(=O)C(C)(C)Sc1nc(CCN2C(=O)c3ccccc3C2=O)cs1. The molecule has 154 valence electrons. The lowest BCUT2D eigenvalue weighted by Gasteiger charge is -2.27. The molecular weight excluding hydrogens is 408 g/mol. The zero-order valence-electron chi connectivity index (χ0n) is 17.1. The molecule has 0 atom stereocenters. The van der Waals surface area contributed by atoms with Gasteiger partial charge in [-0.05, 0) is 46.8 Å². The van der Waals surface area contributed by atoms with Crippen LogP contribution < -0.4 is 0 Å². The lowest BCUT2D eigenvalue weighted by molar-refractivity contribution is -0.156. The zero-order valence-corrected chi connectivity index (χ0v) is 18.8. The van der Waals surface area contributed by atoms with Gasteiger partial charge in [0.05, 0.1) is 16.8 Å². The Bertz CT molecular complexity index is 925. The van der Waals surface area contributed by atoms with Gasteiger partial charge in [-0.2, -0.15) is 0 Å². The standard InChI is InChI=1S/C21H24N2O4S2/c1-20(2,3)27-18(26)21(4,5)29-19-22-13(12-28-19)10-11-23-16(24)14-8-6-7-9-15(14)17(23)25/h6-9,12H,10-11H2,1-5H3. The molecule has 2 aromatic rings. The maximum Gasteiger partial charge on any atom is 0.322 e. The van der Waals surface area contributed by atoms with Crippen molar-refractivity contribution in [3.63, 3.8) is 0 Å². The third kappa shape index (κ3) is 4.87. The van der Waals surface area contributed by atoms with E-state index in [4.69, 9.17) is 4.74 Å². The van der Waals surface area contributed by atoms with E-state index in [1.165, 1.54) is 28.0 Å². The molecule has 6 nitrogen and oxygen atoms in total. The summed E-state index contributed by atoms with van der Waals surface area (Å²) in [5.74, 6) is -0.819. The Kier molecular flexibility index (Phi) is 5.87. The molecule has 8 heteroatoms. The van der Waals surface area contributed by atoms with Crippen LogP contribution in [0.1, 0.15) is 61.0 Å². The number of thioether (sulfide) groups is 1. The highest BCUT2D eigenvalue weighted by Gasteiger charge is 2.36. The Morgan fingerprint density at radius 3 is 2.24 bits per heavy atom. The Hall–Kier alpha value is -2.19. The largest absolute Gasteiger partial charge is 0.459 e. The van der Waals surface area contributed by atoms with Gasteiger partial charge < -0.3 is 4.74 Å². The van der Waals surface area contributed by atoms with Crippen LogP contribution in [0.5, 0.6) is 0 Å². The summed E-state index contributed by atoms with van der Waals surface area (Å²) in [6, 6.07) is 6.85. The smallest absolute Gasteiger partial charge is 0.322 e. The van der Waals surface area contributed by atoms with Crippen molar-refractivity contribution >= 4 is 40.9 Å². The predicted octanol–water partition coefficient (Wildman–Crippen LogP) is 4.19. The van der Waals surface area contributed by atoms with E-state index < -0.39 is 10.3 Å². The fourth-order valence-corrected chi connectivity index (χ4v) is 5.04. The van der Waals surface area contributed by atoms with E-state index >= 15 is 0 Å². The molecule has 0 unspecified atom stereocenters. The fraction of sp³-hybridized carbons (Fsp3) is 0.429. The van der Waals surface area contributed by atoms with Crippen LogP contribution in [0.2, 0.25) is 0 Å². The quantitative estimate of drug-likeness (QED) is 0.387. The monoisotopic (exact) mass is 432 g/mol.